The second kappa shape index (κ2) is 8.82. The Morgan fingerprint density at radius 2 is 1.96 bits per heavy atom. The van der Waals surface area contributed by atoms with E-state index in [2.05, 4.69) is 11.9 Å². The average molecular weight is 403 g/mol. The lowest BCUT2D eigenvalue weighted by Gasteiger charge is -2.32. The van der Waals surface area contributed by atoms with Gasteiger partial charge in [-0.15, -0.1) is 0 Å². The second-order valence-corrected chi connectivity index (χ2v) is 7.95. The number of amides is 1. The molecule has 28 heavy (non-hydrogen) atoms. The number of rotatable bonds is 7. The molecule has 0 aromatic heterocycles. The number of methoxy groups -OCH3 is 1. The number of thioether (sulfide) groups is 1. The van der Waals surface area contributed by atoms with Crippen LogP contribution < -0.4 is 4.74 Å². The molecule has 2 heterocycles. The third-order valence-electron chi connectivity index (χ3n) is 4.89. The number of hydrogen-bond donors (Lipinski definition) is 0. The lowest BCUT2D eigenvalue weighted by molar-refractivity contribution is -0.137. The Bertz CT molecular complexity index is 816. The van der Waals surface area contributed by atoms with Gasteiger partial charge in [0.1, 0.15) is 5.75 Å². The smallest absolute Gasteiger partial charge is 0.338 e. The van der Waals surface area contributed by atoms with Crippen molar-refractivity contribution in [1.29, 1.82) is 0 Å². The van der Waals surface area contributed by atoms with E-state index in [1.807, 2.05) is 31.2 Å². The van der Waals surface area contributed by atoms with Crippen LogP contribution in [0.15, 0.2) is 40.5 Å². The van der Waals surface area contributed by atoms with Crippen molar-refractivity contribution in [2.45, 2.75) is 51.3 Å². The third kappa shape index (κ3) is 3.81. The van der Waals surface area contributed by atoms with Crippen LogP contribution in [-0.4, -0.2) is 40.9 Å². The Morgan fingerprint density at radius 3 is 2.57 bits per heavy atom. The monoisotopic (exact) mass is 402 g/mol. The van der Waals surface area contributed by atoms with Crippen molar-refractivity contribution in [2.75, 3.05) is 13.7 Å². The number of hydrogen-bond acceptors (Lipinski definition) is 6. The molecule has 0 saturated carbocycles. The van der Waals surface area contributed by atoms with Crippen LogP contribution in [0.25, 0.3) is 0 Å². The van der Waals surface area contributed by atoms with Crippen molar-refractivity contribution in [1.82, 2.24) is 4.90 Å². The van der Waals surface area contributed by atoms with Crippen LogP contribution in [0.1, 0.15) is 51.6 Å². The molecule has 2 atom stereocenters. The highest BCUT2D eigenvalue weighted by molar-refractivity contribution is 8.15. The van der Waals surface area contributed by atoms with Gasteiger partial charge < -0.3 is 9.47 Å². The summed E-state index contributed by atoms with van der Waals surface area (Å²) in [5.41, 5.74) is 1.82. The first-order valence-corrected chi connectivity index (χ1v) is 10.5. The molecular formula is C21H26N2O4S. The zero-order valence-corrected chi connectivity index (χ0v) is 17.5. The molecule has 1 amide bonds. The van der Waals surface area contributed by atoms with Gasteiger partial charge in [-0.1, -0.05) is 44.2 Å². The fourth-order valence-corrected chi connectivity index (χ4v) is 4.49. The van der Waals surface area contributed by atoms with Crippen LogP contribution in [0.2, 0.25) is 0 Å². The van der Waals surface area contributed by atoms with E-state index in [-0.39, 0.29) is 11.2 Å². The van der Waals surface area contributed by atoms with Crippen molar-refractivity contribution < 1.29 is 19.1 Å². The van der Waals surface area contributed by atoms with Crippen molar-refractivity contribution in [3.63, 3.8) is 0 Å². The van der Waals surface area contributed by atoms with E-state index < -0.39 is 12.0 Å². The molecule has 0 N–H and O–H groups in total. The number of amidine groups is 1. The first-order chi connectivity index (χ1) is 13.5. The summed E-state index contributed by atoms with van der Waals surface area (Å²) in [6.07, 6.45) is 2.78. The normalized spacial score (nSPS) is 21.5. The molecule has 0 aliphatic carbocycles. The summed E-state index contributed by atoms with van der Waals surface area (Å²) in [7, 11) is 1.35. The Kier molecular flexibility index (Phi) is 6.44. The number of ether oxygens (including phenoxy) is 2. The van der Waals surface area contributed by atoms with Gasteiger partial charge >= 0.3 is 5.97 Å². The molecule has 6 nitrogen and oxygen atoms in total. The zero-order chi connectivity index (χ0) is 20.3. The van der Waals surface area contributed by atoms with E-state index in [9.17, 15) is 9.59 Å². The molecule has 150 valence electrons. The molecule has 7 heteroatoms. The fraction of sp³-hybridized carbons (Fsp3) is 0.476. The number of fused-ring (bicyclic) bond motifs is 1. The van der Waals surface area contributed by atoms with Gasteiger partial charge in [0.25, 0.3) is 0 Å². The van der Waals surface area contributed by atoms with Crippen LogP contribution in [0, 0.1) is 0 Å². The van der Waals surface area contributed by atoms with Gasteiger partial charge in [-0.05, 0) is 37.5 Å². The predicted octanol–water partition coefficient (Wildman–Crippen LogP) is 4.08. The first-order valence-electron chi connectivity index (χ1n) is 9.62. The molecule has 0 bridgehead atoms. The van der Waals surface area contributed by atoms with E-state index in [0.717, 1.165) is 24.2 Å². The lowest BCUT2D eigenvalue weighted by atomic mass is 9.94. The summed E-state index contributed by atoms with van der Waals surface area (Å²) in [5.74, 6) is 0.288. The maximum Gasteiger partial charge on any atom is 0.338 e. The van der Waals surface area contributed by atoms with Gasteiger partial charge in [-0.2, -0.15) is 0 Å². The maximum absolute atomic E-state index is 13.0. The van der Waals surface area contributed by atoms with Crippen molar-refractivity contribution >= 4 is 28.8 Å². The van der Waals surface area contributed by atoms with Gasteiger partial charge in [0.15, 0.2) is 5.17 Å². The Labute approximate surface area is 170 Å². The molecule has 0 unspecified atom stereocenters. The maximum atomic E-state index is 13.0. The summed E-state index contributed by atoms with van der Waals surface area (Å²) in [5, 5.41) is 0.470. The zero-order valence-electron chi connectivity index (χ0n) is 16.7. The number of aliphatic imine (C=N–C) groups is 1. The van der Waals surface area contributed by atoms with Crippen molar-refractivity contribution in [2.24, 2.45) is 4.99 Å². The molecule has 3 rings (SSSR count). The highest BCUT2D eigenvalue weighted by Crippen LogP contribution is 2.44. The molecule has 0 spiro atoms. The predicted molar refractivity (Wildman–Crippen MR) is 110 cm³/mol. The topological polar surface area (TPSA) is 68.2 Å². The standard InChI is InChI=1S/C21H26N2O4S/c1-5-7-12-27-15-10-8-14(9-11-15)18-17(20(25)26-4)13(3)22-21-23(18)19(24)16(6-2)28-21/h8-11,16,18H,5-7,12H2,1-4H3/t16-,18+/m0/s1. The Balaban J connectivity index is 1.98. The van der Waals surface area contributed by atoms with Crippen LogP contribution in [0.4, 0.5) is 0 Å². The summed E-state index contributed by atoms with van der Waals surface area (Å²) >= 11 is 1.46. The van der Waals surface area contributed by atoms with E-state index in [0.29, 0.717) is 29.5 Å². The van der Waals surface area contributed by atoms with E-state index >= 15 is 0 Å². The molecular weight excluding hydrogens is 376 g/mol. The highest BCUT2D eigenvalue weighted by Gasteiger charge is 2.47. The number of carbonyl (C=O) groups excluding carboxylic acids is 2. The summed E-state index contributed by atoms with van der Waals surface area (Å²) in [4.78, 5) is 31.7. The number of allylic oxidation sites excluding steroid dienone is 1. The number of carbonyl (C=O) groups is 2. The largest absolute Gasteiger partial charge is 0.494 e. The van der Waals surface area contributed by atoms with Gasteiger partial charge in [0, 0.05) is 0 Å². The Hall–Kier alpha value is -2.28. The third-order valence-corrected chi connectivity index (χ3v) is 6.21. The minimum absolute atomic E-state index is 0.0200. The summed E-state index contributed by atoms with van der Waals surface area (Å²) in [6.45, 7) is 6.55. The van der Waals surface area contributed by atoms with Gasteiger partial charge in [0.05, 0.1) is 36.3 Å². The molecule has 0 radical (unpaired) electrons. The number of unbranched alkanes of at least 4 members (excludes halogenated alkanes) is 1. The number of nitrogens with zero attached hydrogens (tertiary/aromatic N) is 2. The minimum atomic E-state index is -0.541. The molecule has 1 fully saturated rings. The van der Waals surface area contributed by atoms with Crippen LogP contribution in [0.3, 0.4) is 0 Å². The van der Waals surface area contributed by atoms with Gasteiger partial charge in [-0.3, -0.25) is 9.69 Å². The number of esters is 1. The molecule has 1 aromatic rings. The van der Waals surface area contributed by atoms with Crippen molar-refractivity contribution in [3.05, 3.63) is 41.1 Å². The average Bonchev–Trinajstić information content (AvgIpc) is 3.02. The SMILES string of the molecule is CCCCOc1ccc([C@@H]2C(C(=O)OC)=C(C)N=C3S[C@@H](CC)C(=O)N32)cc1. The molecule has 1 saturated heterocycles. The fourth-order valence-electron chi connectivity index (χ4n) is 3.36. The van der Waals surface area contributed by atoms with Crippen molar-refractivity contribution in [3.8, 4) is 5.75 Å². The van der Waals surface area contributed by atoms with Crippen LogP contribution in [-0.2, 0) is 14.3 Å². The minimum Gasteiger partial charge on any atom is -0.494 e. The first kappa shape index (κ1) is 20.5. The highest BCUT2D eigenvalue weighted by atomic mass is 32.2. The quantitative estimate of drug-likeness (QED) is 0.508. The second-order valence-electron chi connectivity index (χ2n) is 6.78. The van der Waals surface area contributed by atoms with E-state index in [4.69, 9.17) is 9.47 Å². The van der Waals surface area contributed by atoms with Gasteiger partial charge in [-0.25, -0.2) is 9.79 Å². The lowest BCUT2D eigenvalue weighted by Crippen LogP contribution is -2.40. The molecule has 2 aliphatic heterocycles. The molecule has 1 aromatic carbocycles. The van der Waals surface area contributed by atoms with Crippen LogP contribution >= 0.6 is 11.8 Å². The summed E-state index contributed by atoms with van der Waals surface area (Å²) < 4.78 is 10.7. The van der Waals surface area contributed by atoms with E-state index in [1.165, 1.54) is 18.9 Å². The summed E-state index contributed by atoms with van der Waals surface area (Å²) in [6, 6.07) is 7.03. The number of benzene rings is 1. The molecule has 2 aliphatic rings. The van der Waals surface area contributed by atoms with Gasteiger partial charge in [0.2, 0.25) is 5.91 Å². The van der Waals surface area contributed by atoms with E-state index in [1.54, 1.807) is 11.8 Å². The van der Waals surface area contributed by atoms with Crippen LogP contribution in [0.5, 0.6) is 5.75 Å². The Morgan fingerprint density at radius 1 is 1.25 bits per heavy atom.